The van der Waals surface area contributed by atoms with Crippen molar-refractivity contribution >= 4 is 24.0 Å². The van der Waals surface area contributed by atoms with Gasteiger partial charge in [-0.2, -0.15) is 0 Å². The highest BCUT2D eigenvalue weighted by Crippen LogP contribution is 2.39. The molecule has 0 atom stereocenters. The van der Waals surface area contributed by atoms with Crippen LogP contribution in [0.4, 0.5) is 5.69 Å². The zero-order chi connectivity index (χ0) is 16.4. The van der Waals surface area contributed by atoms with Crippen LogP contribution in [-0.4, -0.2) is 33.8 Å². The van der Waals surface area contributed by atoms with Gasteiger partial charge in [-0.25, -0.2) is 0 Å². The smallest absolute Gasteiger partial charge is 0.224 e. The van der Waals surface area contributed by atoms with E-state index >= 15 is 0 Å². The normalized spacial score (nSPS) is 9.74. The van der Waals surface area contributed by atoms with E-state index in [1.807, 2.05) is 0 Å². The maximum atomic E-state index is 12.0. The van der Waals surface area contributed by atoms with Crippen LogP contribution in [0.3, 0.4) is 0 Å². The second-order valence-corrected chi connectivity index (χ2v) is 4.92. The number of hydrogen-bond donors (Lipinski definition) is 2. The van der Waals surface area contributed by atoms with Crippen molar-refractivity contribution in [3.8, 4) is 17.2 Å². The monoisotopic (exact) mass is 346 g/mol. The van der Waals surface area contributed by atoms with Gasteiger partial charge in [-0.05, 0) is 19.4 Å². The van der Waals surface area contributed by atoms with Gasteiger partial charge >= 0.3 is 0 Å². The molecule has 132 valence electrons. The van der Waals surface area contributed by atoms with E-state index in [0.717, 1.165) is 25.7 Å². The molecule has 0 aromatic heterocycles. The molecule has 0 fully saturated rings. The van der Waals surface area contributed by atoms with Crippen LogP contribution < -0.4 is 25.3 Å². The van der Waals surface area contributed by atoms with Crippen molar-refractivity contribution in [2.24, 2.45) is 5.73 Å². The third-order valence-electron chi connectivity index (χ3n) is 3.31. The molecule has 0 unspecified atom stereocenters. The van der Waals surface area contributed by atoms with Gasteiger partial charge in [-0.1, -0.05) is 12.8 Å². The van der Waals surface area contributed by atoms with Crippen molar-refractivity contribution in [2.45, 2.75) is 32.1 Å². The van der Waals surface area contributed by atoms with Crippen LogP contribution in [0.5, 0.6) is 17.2 Å². The fourth-order valence-corrected chi connectivity index (χ4v) is 2.16. The summed E-state index contributed by atoms with van der Waals surface area (Å²) in [5.41, 5.74) is 6.06. The van der Waals surface area contributed by atoms with E-state index in [2.05, 4.69) is 5.32 Å². The minimum Gasteiger partial charge on any atom is -0.493 e. The van der Waals surface area contributed by atoms with Crippen molar-refractivity contribution in [1.82, 2.24) is 0 Å². The Morgan fingerprint density at radius 3 is 2.04 bits per heavy atom. The van der Waals surface area contributed by atoms with E-state index in [9.17, 15) is 4.79 Å². The maximum Gasteiger partial charge on any atom is 0.224 e. The predicted molar refractivity (Wildman–Crippen MR) is 94.1 cm³/mol. The molecule has 3 N–H and O–H groups in total. The number of nitrogens with two attached hydrogens (primary N) is 1. The molecular formula is C16H27ClN2O4. The van der Waals surface area contributed by atoms with Gasteiger partial charge in [0.05, 0.1) is 21.3 Å². The second-order valence-electron chi connectivity index (χ2n) is 4.92. The summed E-state index contributed by atoms with van der Waals surface area (Å²) in [5.74, 6) is 1.51. The molecule has 1 amide bonds. The third kappa shape index (κ3) is 6.97. The summed E-state index contributed by atoms with van der Waals surface area (Å²) in [4.78, 5) is 12.0. The molecule has 0 radical (unpaired) electrons. The van der Waals surface area contributed by atoms with Crippen LogP contribution in [0.1, 0.15) is 32.1 Å². The molecule has 0 aliphatic heterocycles. The number of rotatable bonds is 10. The average molecular weight is 347 g/mol. The second kappa shape index (κ2) is 11.8. The third-order valence-corrected chi connectivity index (χ3v) is 3.31. The molecule has 0 spiro atoms. The minimum absolute atomic E-state index is 0. The number of methoxy groups -OCH3 is 3. The first-order valence-electron chi connectivity index (χ1n) is 7.46. The van der Waals surface area contributed by atoms with Crippen molar-refractivity contribution in [1.29, 1.82) is 0 Å². The highest BCUT2D eigenvalue weighted by molar-refractivity contribution is 5.91. The Bertz CT molecular complexity index is 458. The van der Waals surface area contributed by atoms with Crippen LogP contribution >= 0.6 is 12.4 Å². The number of anilines is 1. The van der Waals surface area contributed by atoms with Gasteiger partial charge in [0.15, 0.2) is 11.5 Å². The first-order valence-corrected chi connectivity index (χ1v) is 7.46. The molecule has 0 aliphatic carbocycles. The van der Waals surface area contributed by atoms with E-state index in [0.29, 0.717) is 35.9 Å². The maximum absolute atomic E-state index is 12.0. The summed E-state index contributed by atoms with van der Waals surface area (Å²) >= 11 is 0. The Morgan fingerprint density at radius 2 is 1.57 bits per heavy atom. The fraction of sp³-hybridized carbons (Fsp3) is 0.562. The lowest BCUT2D eigenvalue weighted by Crippen LogP contribution is -2.11. The number of benzene rings is 1. The molecule has 0 heterocycles. The highest BCUT2D eigenvalue weighted by Gasteiger charge is 2.14. The molecule has 6 nitrogen and oxygen atoms in total. The zero-order valence-corrected chi connectivity index (χ0v) is 14.8. The largest absolute Gasteiger partial charge is 0.493 e. The first-order chi connectivity index (χ1) is 10.7. The van der Waals surface area contributed by atoms with Crippen molar-refractivity contribution in [3.05, 3.63) is 12.1 Å². The van der Waals surface area contributed by atoms with Gasteiger partial charge in [0, 0.05) is 24.2 Å². The van der Waals surface area contributed by atoms with Crippen molar-refractivity contribution in [3.63, 3.8) is 0 Å². The van der Waals surface area contributed by atoms with E-state index in [-0.39, 0.29) is 18.3 Å². The summed E-state index contributed by atoms with van der Waals surface area (Å²) in [6, 6.07) is 3.43. The van der Waals surface area contributed by atoms with Crippen molar-refractivity contribution in [2.75, 3.05) is 33.2 Å². The fourth-order valence-electron chi connectivity index (χ4n) is 2.16. The lowest BCUT2D eigenvalue weighted by atomic mass is 10.1. The zero-order valence-electron chi connectivity index (χ0n) is 14.0. The first kappa shape index (κ1) is 21.3. The number of carbonyl (C=O) groups is 1. The van der Waals surface area contributed by atoms with E-state index < -0.39 is 0 Å². The predicted octanol–water partition coefficient (Wildman–Crippen LogP) is 2.98. The summed E-state index contributed by atoms with van der Waals surface area (Å²) in [6.07, 6.45) is 4.43. The Morgan fingerprint density at radius 1 is 1.00 bits per heavy atom. The van der Waals surface area contributed by atoms with Gasteiger partial charge in [0.2, 0.25) is 11.7 Å². The molecule has 1 rings (SSSR count). The number of carbonyl (C=O) groups excluding carboxylic acids is 1. The van der Waals surface area contributed by atoms with E-state index in [1.54, 1.807) is 33.5 Å². The van der Waals surface area contributed by atoms with Crippen LogP contribution in [0.25, 0.3) is 0 Å². The lowest BCUT2D eigenvalue weighted by Gasteiger charge is -2.14. The van der Waals surface area contributed by atoms with Gasteiger partial charge in [0.25, 0.3) is 0 Å². The van der Waals surface area contributed by atoms with Gasteiger partial charge in [-0.3, -0.25) is 4.79 Å². The molecule has 0 bridgehead atoms. The Kier molecular flexibility index (Phi) is 11.0. The van der Waals surface area contributed by atoms with Crippen molar-refractivity contribution < 1.29 is 19.0 Å². The lowest BCUT2D eigenvalue weighted by molar-refractivity contribution is -0.116. The summed E-state index contributed by atoms with van der Waals surface area (Å²) in [6.45, 7) is 0.706. The number of halogens is 1. The molecule has 1 aromatic rings. The van der Waals surface area contributed by atoms with Crippen LogP contribution in [0.2, 0.25) is 0 Å². The number of hydrogen-bond acceptors (Lipinski definition) is 5. The average Bonchev–Trinajstić information content (AvgIpc) is 2.53. The Hall–Kier alpha value is -1.66. The standard InChI is InChI=1S/C16H26N2O4.ClH/c1-20-13-10-12(11-14(21-2)16(13)22-3)18-15(19)8-6-4-5-7-9-17;/h10-11H,4-9,17H2,1-3H3,(H,18,19);1H. The van der Waals surface area contributed by atoms with Gasteiger partial charge < -0.3 is 25.3 Å². The quantitative estimate of drug-likeness (QED) is 0.636. The summed E-state index contributed by atoms with van der Waals surface area (Å²) in [5, 5.41) is 2.85. The van der Waals surface area contributed by atoms with E-state index in [1.165, 1.54) is 0 Å². The van der Waals surface area contributed by atoms with Crippen LogP contribution in [0.15, 0.2) is 12.1 Å². The molecule has 1 aromatic carbocycles. The Labute approximate surface area is 144 Å². The Balaban J connectivity index is 0.00000484. The SMILES string of the molecule is COc1cc(NC(=O)CCCCCCN)cc(OC)c1OC.Cl. The van der Waals surface area contributed by atoms with Crippen LogP contribution in [-0.2, 0) is 4.79 Å². The van der Waals surface area contributed by atoms with E-state index in [4.69, 9.17) is 19.9 Å². The number of nitrogens with one attached hydrogen (secondary N) is 1. The molecule has 0 aliphatic rings. The number of ether oxygens (including phenoxy) is 3. The minimum atomic E-state index is -0.0259. The molecular weight excluding hydrogens is 320 g/mol. The number of amides is 1. The molecule has 7 heteroatoms. The molecule has 0 saturated carbocycles. The van der Waals surface area contributed by atoms with Crippen LogP contribution in [0, 0.1) is 0 Å². The highest BCUT2D eigenvalue weighted by atomic mass is 35.5. The number of unbranched alkanes of at least 4 members (excludes halogenated alkanes) is 3. The molecule has 0 saturated heterocycles. The van der Waals surface area contributed by atoms with Gasteiger partial charge in [0.1, 0.15) is 0 Å². The van der Waals surface area contributed by atoms with Gasteiger partial charge in [-0.15, -0.1) is 12.4 Å². The molecule has 23 heavy (non-hydrogen) atoms. The summed E-state index contributed by atoms with van der Waals surface area (Å²) in [7, 11) is 4.63. The summed E-state index contributed by atoms with van der Waals surface area (Å²) < 4.78 is 15.8. The topological polar surface area (TPSA) is 82.8 Å².